The van der Waals surface area contributed by atoms with Gasteiger partial charge in [-0.05, 0) is 24.1 Å². The molecule has 0 aromatic heterocycles. The molecule has 0 N–H and O–H groups in total. The molecular formula is C9H9KO3S. The molecule has 0 aliphatic rings. The number of hydrogen-bond donors (Lipinski definition) is 0. The largest absolute Gasteiger partial charge is 1.00 e. The van der Waals surface area contributed by atoms with Crippen LogP contribution in [0.2, 0.25) is 0 Å². The minimum Gasteiger partial charge on any atom is -0.744 e. The predicted octanol–water partition coefficient (Wildman–Crippen LogP) is -1.68. The van der Waals surface area contributed by atoms with Crippen molar-refractivity contribution in [2.45, 2.75) is 11.3 Å². The minimum atomic E-state index is -4.31. The zero-order valence-electron chi connectivity index (χ0n) is 7.93. The van der Waals surface area contributed by atoms with Gasteiger partial charge in [-0.3, -0.25) is 0 Å². The first kappa shape index (κ1) is 14.5. The molecule has 0 saturated carbocycles. The molecular weight excluding hydrogens is 227 g/mol. The third kappa shape index (κ3) is 4.35. The van der Waals surface area contributed by atoms with E-state index in [9.17, 15) is 13.0 Å². The first-order valence-corrected chi connectivity index (χ1v) is 5.10. The number of allylic oxidation sites excluding steroid dienone is 1. The van der Waals surface area contributed by atoms with Gasteiger partial charge in [0.15, 0.2) is 0 Å². The van der Waals surface area contributed by atoms with Gasteiger partial charge in [0, 0.05) is 0 Å². The van der Waals surface area contributed by atoms with Crippen LogP contribution < -0.4 is 51.4 Å². The van der Waals surface area contributed by atoms with Crippen molar-refractivity contribution in [3.63, 3.8) is 0 Å². The average molecular weight is 236 g/mol. The van der Waals surface area contributed by atoms with Crippen molar-refractivity contribution in [1.82, 2.24) is 0 Å². The second-order valence-electron chi connectivity index (χ2n) is 2.59. The van der Waals surface area contributed by atoms with E-state index in [0.29, 0.717) is 6.42 Å². The first-order valence-electron chi connectivity index (χ1n) is 3.70. The fourth-order valence-electron chi connectivity index (χ4n) is 0.959. The monoisotopic (exact) mass is 236 g/mol. The molecule has 0 bridgehead atoms. The molecule has 14 heavy (non-hydrogen) atoms. The van der Waals surface area contributed by atoms with Crippen LogP contribution in [-0.4, -0.2) is 13.0 Å². The number of rotatable bonds is 3. The van der Waals surface area contributed by atoms with Gasteiger partial charge >= 0.3 is 51.4 Å². The molecule has 0 aliphatic heterocycles. The van der Waals surface area contributed by atoms with Gasteiger partial charge in [0.2, 0.25) is 0 Å². The van der Waals surface area contributed by atoms with Crippen LogP contribution in [0.1, 0.15) is 5.56 Å². The van der Waals surface area contributed by atoms with Crippen molar-refractivity contribution in [3.8, 4) is 0 Å². The van der Waals surface area contributed by atoms with E-state index in [4.69, 9.17) is 0 Å². The summed E-state index contributed by atoms with van der Waals surface area (Å²) in [5.74, 6) is 0. The summed E-state index contributed by atoms with van der Waals surface area (Å²) in [4.78, 5) is -0.194. The zero-order chi connectivity index (χ0) is 9.90. The molecule has 0 atom stereocenters. The smallest absolute Gasteiger partial charge is 0.744 e. The number of hydrogen-bond acceptors (Lipinski definition) is 3. The molecule has 0 amide bonds. The zero-order valence-corrected chi connectivity index (χ0v) is 11.9. The van der Waals surface area contributed by atoms with Crippen molar-refractivity contribution < 1.29 is 64.4 Å². The Labute approximate surface area is 126 Å². The molecule has 0 radical (unpaired) electrons. The van der Waals surface area contributed by atoms with Crippen LogP contribution in [0.25, 0.3) is 0 Å². The SMILES string of the molecule is C=CCc1ccc(S(=O)(=O)[O-])cc1.[K+]. The Kier molecular flexibility index (Phi) is 6.39. The molecule has 0 aliphatic carbocycles. The predicted molar refractivity (Wildman–Crippen MR) is 48.3 cm³/mol. The maximum absolute atomic E-state index is 10.5. The Morgan fingerprint density at radius 2 is 1.79 bits per heavy atom. The van der Waals surface area contributed by atoms with Crippen LogP contribution in [0.4, 0.5) is 0 Å². The van der Waals surface area contributed by atoms with Crippen molar-refractivity contribution in [2.24, 2.45) is 0 Å². The van der Waals surface area contributed by atoms with E-state index in [2.05, 4.69) is 6.58 Å². The molecule has 1 aromatic carbocycles. The molecule has 1 rings (SSSR count). The van der Waals surface area contributed by atoms with Crippen molar-refractivity contribution >= 4 is 10.1 Å². The summed E-state index contributed by atoms with van der Waals surface area (Å²) in [7, 11) is -4.31. The van der Waals surface area contributed by atoms with Gasteiger partial charge in [-0.15, -0.1) is 6.58 Å². The molecule has 70 valence electrons. The fraction of sp³-hybridized carbons (Fsp3) is 0.111. The summed E-state index contributed by atoms with van der Waals surface area (Å²) < 4.78 is 31.6. The van der Waals surface area contributed by atoms with E-state index in [1.807, 2.05) is 0 Å². The van der Waals surface area contributed by atoms with E-state index < -0.39 is 10.1 Å². The number of benzene rings is 1. The Bertz CT molecular complexity index is 395. The van der Waals surface area contributed by atoms with Gasteiger partial charge in [0.1, 0.15) is 10.1 Å². The molecule has 3 nitrogen and oxygen atoms in total. The van der Waals surface area contributed by atoms with Gasteiger partial charge in [0.05, 0.1) is 4.90 Å². The van der Waals surface area contributed by atoms with Crippen LogP contribution >= 0.6 is 0 Å². The van der Waals surface area contributed by atoms with Crippen LogP contribution in [0.15, 0.2) is 41.8 Å². The Balaban J connectivity index is 0.00000169. The Hall–Kier alpha value is 0.506. The third-order valence-corrected chi connectivity index (χ3v) is 2.44. The molecule has 0 spiro atoms. The summed E-state index contributed by atoms with van der Waals surface area (Å²) in [6, 6.07) is 5.82. The van der Waals surface area contributed by atoms with Gasteiger partial charge in [0.25, 0.3) is 0 Å². The topological polar surface area (TPSA) is 57.2 Å². The summed E-state index contributed by atoms with van der Waals surface area (Å²) >= 11 is 0. The normalized spacial score (nSPS) is 10.4. The van der Waals surface area contributed by atoms with Gasteiger partial charge in [-0.25, -0.2) is 8.42 Å². The van der Waals surface area contributed by atoms with Crippen molar-refractivity contribution in [2.75, 3.05) is 0 Å². The molecule has 1 aromatic rings. The molecule has 0 unspecified atom stereocenters. The second kappa shape index (κ2) is 6.17. The van der Waals surface area contributed by atoms with Gasteiger partial charge < -0.3 is 4.55 Å². The minimum absolute atomic E-state index is 0. The van der Waals surface area contributed by atoms with E-state index in [0.717, 1.165) is 5.56 Å². The van der Waals surface area contributed by atoms with Crippen LogP contribution in [0.5, 0.6) is 0 Å². The molecule has 0 saturated heterocycles. The second-order valence-corrected chi connectivity index (χ2v) is 3.97. The molecule has 0 fully saturated rings. The average Bonchev–Trinajstić information content (AvgIpc) is 2.04. The Morgan fingerprint density at radius 1 is 1.29 bits per heavy atom. The maximum Gasteiger partial charge on any atom is 1.00 e. The van der Waals surface area contributed by atoms with E-state index in [-0.39, 0.29) is 56.3 Å². The molecule has 0 heterocycles. The van der Waals surface area contributed by atoms with E-state index in [1.165, 1.54) is 12.1 Å². The summed E-state index contributed by atoms with van der Waals surface area (Å²) in [5, 5.41) is 0. The Morgan fingerprint density at radius 3 is 2.14 bits per heavy atom. The quantitative estimate of drug-likeness (QED) is 0.358. The van der Waals surface area contributed by atoms with Crippen LogP contribution in [0, 0.1) is 0 Å². The van der Waals surface area contributed by atoms with E-state index >= 15 is 0 Å². The summed E-state index contributed by atoms with van der Waals surface area (Å²) in [6.07, 6.45) is 2.37. The maximum atomic E-state index is 10.5. The third-order valence-electron chi connectivity index (χ3n) is 1.59. The van der Waals surface area contributed by atoms with Crippen LogP contribution in [-0.2, 0) is 16.5 Å². The summed E-state index contributed by atoms with van der Waals surface area (Å²) in [6.45, 7) is 3.55. The molecule has 5 heteroatoms. The van der Waals surface area contributed by atoms with Gasteiger partial charge in [-0.1, -0.05) is 18.2 Å². The van der Waals surface area contributed by atoms with Crippen molar-refractivity contribution in [3.05, 3.63) is 42.5 Å². The summed E-state index contributed by atoms with van der Waals surface area (Å²) in [5.41, 5.74) is 0.933. The van der Waals surface area contributed by atoms with Crippen molar-refractivity contribution in [1.29, 1.82) is 0 Å². The van der Waals surface area contributed by atoms with Crippen LogP contribution in [0.3, 0.4) is 0 Å². The van der Waals surface area contributed by atoms with Gasteiger partial charge in [-0.2, -0.15) is 0 Å². The fourth-order valence-corrected chi connectivity index (χ4v) is 1.43. The first-order chi connectivity index (χ1) is 6.04. The van der Waals surface area contributed by atoms with E-state index in [1.54, 1.807) is 18.2 Å². The standard InChI is InChI=1S/C9H10O3S.K/c1-2-3-8-4-6-9(7-5-8)13(10,11)12;/h2,4-7H,1,3H2,(H,10,11,12);/q;+1/p-1.